The molecule has 8 nitrogen and oxygen atoms in total. The molecule has 0 aliphatic carbocycles. The molecule has 182 valence electrons. The Hall–Kier alpha value is -1.84. The van der Waals surface area contributed by atoms with Crippen LogP contribution < -0.4 is 14.8 Å². The molecular weight excluding hydrogens is 430 g/mol. The van der Waals surface area contributed by atoms with Crippen molar-refractivity contribution in [3.63, 3.8) is 0 Å². The minimum absolute atomic E-state index is 0.0619. The number of benzene rings is 1. The second kappa shape index (κ2) is 11.9. The van der Waals surface area contributed by atoms with Crippen molar-refractivity contribution in [3.8, 4) is 11.5 Å². The molecule has 0 atom stereocenters. The summed E-state index contributed by atoms with van der Waals surface area (Å²) in [5.74, 6) is 1.61. The SMILES string of the molecule is COc1ccc(OC)c(CNC(=O)C2CCN(S(=O)(=O)N(CC(C)C)CC(C)C)CC2)c1. The van der Waals surface area contributed by atoms with E-state index in [2.05, 4.69) is 5.32 Å². The maximum Gasteiger partial charge on any atom is 0.281 e. The summed E-state index contributed by atoms with van der Waals surface area (Å²) in [4.78, 5) is 12.7. The summed E-state index contributed by atoms with van der Waals surface area (Å²) in [5, 5.41) is 2.97. The number of hydrogen-bond donors (Lipinski definition) is 1. The minimum atomic E-state index is -3.53. The number of methoxy groups -OCH3 is 2. The molecule has 0 saturated carbocycles. The predicted octanol–water partition coefficient (Wildman–Crippen LogP) is 2.89. The summed E-state index contributed by atoms with van der Waals surface area (Å²) < 4.78 is 40.2. The van der Waals surface area contributed by atoms with E-state index < -0.39 is 10.2 Å². The van der Waals surface area contributed by atoms with Crippen LogP contribution in [0.5, 0.6) is 11.5 Å². The summed E-state index contributed by atoms with van der Waals surface area (Å²) in [6.07, 6.45) is 1.02. The second-order valence-electron chi connectivity index (χ2n) is 9.18. The normalized spacial score (nSPS) is 16.0. The summed E-state index contributed by atoms with van der Waals surface area (Å²) in [5.41, 5.74) is 0.832. The summed E-state index contributed by atoms with van der Waals surface area (Å²) >= 11 is 0. The van der Waals surface area contributed by atoms with E-state index >= 15 is 0 Å². The van der Waals surface area contributed by atoms with Crippen molar-refractivity contribution in [3.05, 3.63) is 23.8 Å². The molecule has 0 radical (unpaired) electrons. The minimum Gasteiger partial charge on any atom is -0.497 e. The van der Waals surface area contributed by atoms with Gasteiger partial charge in [0.1, 0.15) is 11.5 Å². The van der Waals surface area contributed by atoms with Crippen molar-refractivity contribution >= 4 is 16.1 Å². The maximum atomic E-state index is 13.2. The topological polar surface area (TPSA) is 88.2 Å². The third kappa shape index (κ3) is 7.08. The highest BCUT2D eigenvalue weighted by molar-refractivity contribution is 7.86. The van der Waals surface area contributed by atoms with Gasteiger partial charge in [-0.2, -0.15) is 17.0 Å². The third-order valence-corrected chi connectivity index (χ3v) is 7.52. The molecule has 1 heterocycles. The number of carbonyl (C=O) groups is 1. The smallest absolute Gasteiger partial charge is 0.281 e. The lowest BCUT2D eigenvalue weighted by atomic mass is 9.97. The van der Waals surface area contributed by atoms with Gasteiger partial charge in [-0.25, -0.2) is 0 Å². The van der Waals surface area contributed by atoms with Crippen molar-refractivity contribution in [2.75, 3.05) is 40.4 Å². The van der Waals surface area contributed by atoms with Crippen molar-refractivity contribution in [1.29, 1.82) is 0 Å². The first-order chi connectivity index (χ1) is 15.1. The molecule has 2 rings (SSSR count). The predicted molar refractivity (Wildman–Crippen MR) is 126 cm³/mol. The van der Waals surface area contributed by atoms with Gasteiger partial charge < -0.3 is 14.8 Å². The highest BCUT2D eigenvalue weighted by Gasteiger charge is 2.35. The van der Waals surface area contributed by atoms with Crippen LogP contribution >= 0.6 is 0 Å². The quantitative estimate of drug-likeness (QED) is 0.538. The van der Waals surface area contributed by atoms with E-state index in [4.69, 9.17) is 9.47 Å². The number of nitrogens with zero attached hydrogens (tertiary/aromatic N) is 2. The molecule has 0 unspecified atom stereocenters. The van der Waals surface area contributed by atoms with Crippen LogP contribution in [-0.2, 0) is 21.5 Å². The number of nitrogens with one attached hydrogen (secondary N) is 1. The third-order valence-electron chi connectivity index (χ3n) is 5.56. The Bertz CT molecular complexity index is 839. The lowest BCUT2D eigenvalue weighted by Crippen LogP contribution is -2.50. The molecule has 1 aliphatic rings. The zero-order valence-corrected chi connectivity index (χ0v) is 21.1. The fourth-order valence-electron chi connectivity index (χ4n) is 3.94. The average molecular weight is 470 g/mol. The van der Waals surface area contributed by atoms with Crippen LogP contribution in [0.4, 0.5) is 0 Å². The Morgan fingerprint density at radius 3 is 2.19 bits per heavy atom. The van der Waals surface area contributed by atoms with Crippen LogP contribution in [0.25, 0.3) is 0 Å². The molecule has 1 saturated heterocycles. The summed E-state index contributed by atoms with van der Waals surface area (Å²) in [6, 6.07) is 5.46. The highest BCUT2D eigenvalue weighted by atomic mass is 32.2. The molecule has 1 fully saturated rings. The van der Waals surface area contributed by atoms with Gasteiger partial charge in [-0.05, 0) is 42.9 Å². The Kier molecular flexibility index (Phi) is 9.79. The van der Waals surface area contributed by atoms with Gasteiger partial charge in [0.05, 0.1) is 14.2 Å². The average Bonchev–Trinajstić information content (AvgIpc) is 2.76. The van der Waals surface area contributed by atoms with E-state index in [0.29, 0.717) is 57.1 Å². The molecule has 9 heteroatoms. The first kappa shape index (κ1) is 26.4. The lowest BCUT2D eigenvalue weighted by Gasteiger charge is -2.35. The van der Waals surface area contributed by atoms with Crippen LogP contribution in [0, 0.1) is 17.8 Å². The summed E-state index contributed by atoms with van der Waals surface area (Å²) in [7, 11) is -0.350. The monoisotopic (exact) mass is 469 g/mol. The van der Waals surface area contributed by atoms with Gasteiger partial charge in [0, 0.05) is 44.2 Å². The molecule has 1 aromatic rings. The zero-order valence-electron chi connectivity index (χ0n) is 20.3. The lowest BCUT2D eigenvalue weighted by molar-refractivity contribution is -0.126. The molecule has 0 spiro atoms. The first-order valence-corrected chi connectivity index (χ1v) is 12.7. The molecule has 1 aliphatic heterocycles. The van der Waals surface area contributed by atoms with Crippen LogP contribution in [-0.4, -0.2) is 63.3 Å². The standard InChI is InChI=1S/C23H39N3O5S/c1-17(2)15-26(16-18(3)4)32(28,29)25-11-9-19(10-12-25)23(27)24-14-20-13-21(30-5)7-8-22(20)31-6/h7-8,13,17-19H,9-12,14-16H2,1-6H3,(H,24,27). The Morgan fingerprint density at radius 1 is 1.09 bits per heavy atom. The molecule has 1 N–H and O–H groups in total. The molecular formula is C23H39N3O5S. The molecule has 1 aromatic carbocycles. The number of rotatable bonds is 11. The largest absolute Gasteiger partial charge is 0.497 e. The van der Waals surface area contributed by atoms with Crippen LogP contribution in [0.3, 0.4) is 0 Å². The van der Waals surface area contributed by atoms with Gasteiger partial charge in [0.25, 0.3) is 10.2 Å². The van der Waals surface area contributed by atoms with Crippen LogP contribution in [0.1, 0.15) is 46.1 Å². The highest BCUT2D eigenvalue weighted by Crippen LogP contribution is 2.25. The van der Waals surface area contributed by atoms with E-state index in [0.717, 1.165) is 5.56 Å². The van der Waals surface area contributed by atoms with E-state index in [-0.39, 0.29) is 23.7 Å². The molecule has 32 heavy (non-hydrogen) atoms. The Labute approximate surface area is 193 Å². The van der Waals surface area contributed by atoms with Crippen molar-refractivity contribution in [2.45, 2.75) is 47.1 Å². The Balaban J connectivity index is 1.96. The van der Waals surface area contributed by atoms with Gasteiger partial charge in [-0.1, -0.05) is 27.7 Å². The van der Waals surface area contributed by atoms with Gasteiger partial charge in [0.15, 0.2) is 0 Å². The Morgan fingerprint density at radius 2 is 1.69 bits per heavy atom. The van der Waals surface area contributed by atoms with Crippen molar-refractivity contribution < 1.29 is 22.7 Å². The zero-order chi connectivity index (χ0) is 23.9. The van der Waals surface area contributed by atoms with Crippen molar-refractivity contribution in [1.82, 2.24) is 13.9 Å². The van der Waals surface area contributed by atoms with Gasteiger partial charge in [0.2, 0.25) is 5.91 Å². The van der Waals surface area contributed by atoms with E-state index in [1.165, 1.54) is 4.31 Å². The van der Waals surface area contributed by atoms with E-state index in [9.17, 15) is 13.2 Å². The number of piperidine rings is 1. The number of amides is 1. The number of ether oxygens (including phenoxy) is 2. The summed E-state index contributed by atoms with van der Waals surface area (Å²) in [6.45, 7) is 10.1. The van der Waals surface area contributed by atoms with Crippen LogP contribution in [0.2, 0.25) is 0 Å². The van der Waals surface area contributed by atoms with Gasteiger partial charge in [-0.3, -0.25) is 4.79 Å². The maximum absolute atomic E-state index is 13.2. The van der Waals surface area contributed by atoms with Gasteiger partial charge >= 0.3 is 0 Å². The fourth-order valence-corrected chi connectivity index (χ4v) is 5.91. The molecule has 0 aromatic heterocycles. The molecule has 1 amide bonds. The van der Waals surface area contributed by atoms with E-state index in [1.807, 2.05) is 45.9 Å². The van der Waals surface area contributed by atoms with Crippen molar-refractivity contribution in [2.24, 2.45) is 17.8 Å². The molecule has 0 bridgehead atoms. The number of hydrogen-bond acceptors (Lipinski definition) is 5. The second-order valence-corrected chi connectivity index (χ2v) is 11.1. The van der Waals surface area contributed by atoms with Gasteiger partial charge in [-0.15, -0.1) is 0 Å². The number of carbonyl (C=O) groups excluding carboxylic acids is 1. The van der Waals surface area contributed by atoms with E-state index in [1.54, 1.807) is 18.5 Å². The first-order valence-electron chi connectivity index (χ1n) is 11.3. The van der Waals surface area contributed by atoms with Crippen LogP contribution in [0.15, 0.2) is 18.2 Å². The fraction of sp³-hybridized carbons (Fsp3) is 0.696.